The first-order valence-electron chi connectivity index (χ1n) is 6.63. The SMILES string of the molecule is O=C(Cc1ccccc1F)Cn1cc(Br)c2ccccc21. The van der Waals surface area contributed by atoms with Gasteiger partial charge in [-0.1, -0.05) is 36.4 Å². The van der Waals surface area contributed by atoms with E-state index in [1.54, 1.807) is 18.2 Å². The highest BCUT2D eigenvalue weighted by molar-refractivity contribution is 9.10. The Morgan fingerprint density at radius 3 is 2.62 bits per heavy atom. The van der Waals surface area contributed by atoms with Gasteiger partial charge in [0.25, 0.3) is 0 Å². The van der Waals surface area contributed by atoms with Gasteiger partial charge in [0.1, 0.15) is 5.82 Å². The van der Waals surface area contributed by atoms with Crippen LogP contribution >= 0.6 is 15.9 Å². The molecule has 0 aliphatic rings. The molecule has 0 unspecified atom stereocenters. The monoisotopic (exact) mass is 345 g/mol. The van der Waals surface area contributed by atoms with Gasteiger partial charge in [0, 0.05) is 28.0 Å². The summed E-state index contributed by atoms with van der Waals surface area (Å²) in [4.78, 5) is 12.2. The molecule has 0 saturated carbocycles. The van der Waals surface area contributed by atoms with E-state index < -0.39 is 0 Å². The average molecular weight is 346 g/mol. The Labute approximate surface area is 130 Å². The first-order valence-corrected chi connectivity index (χ1v) is 7.43. The Morgan fingerprint density at radius 2 is 1.81 bits per heavy atom. The molecule has 2 nitrogen and oxygen atoms in total. The molecule has 1 heterocycles. The van der Waals surface area contributed by atoms with Crippen LogP contribution in [0.3, 0.4) is 0 Å². The van der Waals surface area contributed by atoms with Crippen LogP contribution in [0, 0.1) is 5.82 Å². The highest BCUT2D eigenvalue weighted by Crippen LogP contribution is 2.26. The zero-order chi connectivity index (χ0) is 14.8. The van der Waals surface area contributed by atoms with Crippen molar-refractivity contribution in [3.63, 3.8) is 0 Å². The fourth-order valence-corrected chi connectivity index (χ4v) is 3.02. The molecule has 0 bridgehead atoms. The van der Waals surface area contributed by atoms with Gasteiger partial charge in [-0.2, -0.15) is 0 Å². The summed E-state index contributed by atoms with van der Waals surface area (Å²) in [6.45, 7) is 0.237. The largest absolute Gasteiger partial charge is 0.339 e. The van der Waals surface area contributed by atoms with E-state index >= 15 is 0 Å². The second-order valence-electron chi connectivity index (χ2n) is 4.93. The summed E-state index contributed by atoms with van der Waals surface area (Å²) in [6.07, 6.45) is 2.00. The average Bonchev–Trinajstić information content (AvgIpc) is 2.79. The number of Topliss-reactive ketones (excluding diaryl/α,β-unsaturated/α-hetero) is 1. The van der Waals surface area contributed by atoms with Gasteiger partial charge in [-0.05, 0) is 33.6 Å². The Kier molecular flexibility index (Phi) is 3.88. The number of fused-ring (bicyclic) bond motifs is 1. The third-order valence-corrected chi connectivity index (χ3v) is 4.06. The van der Waals surface area contributed by atoms with Crippen molar-refractivity contribution in [1.29, 1.82) is 0 Å². The number of hydrogen-bond acceptors (Lipinski definition) is 1. The van der Waals surface area contributed by atoms with Gasteiger partial charge >= 0.3 is 0 Å². The van der Waals surface area contributed by atoms with Gasteiger partial charge in [0.15, 0.2) is 5.78 Å². The van der Waals surface area contributed by atoms with E-state index in [9.17, 15) is 9.18 Å². The summed E-state index contributed by atoms with van der Waals surface area (Å²) in [5.41, 5.74) is 1.43. The van der Waals surface area contributed by atoms with Crippen LogP contribution in [0.4, 0.5) is 4.39 Å². The van der Waals surface area contributed by atoms with Crippen molar-refractivity contribution >= 4 is 32.6 Å². The Bertz CT molecular complexity index is 809. The van der Waals surface area contributed by atoms with E-state index in [2.05, 4.69) is 15.9 Å². The molecule has 1 aromatic heterocycles. The van der Waals surface area contributed by atoms with E-state index in [-0.39, 0.29) is 24.6 Å². The quantitative estimate of drug-likeness (QED) is 0.688. The van der Waals surface area contributed by atoms with Crippen molar-refractivity contribution in [2.24, 2.45) is 0 Å². The number of ketones is 1. The van der Waals surface area contributed by atoms with Crippen molar-refractivity contribution in [1.82, 2.24) is 4.57 Å². The minimum absolute atomic E-state index is 0.0200. The molecule has 0 aliphatic heterocycles. The van der Waals surface area contributed by atoms with Crippen molar-refractivity contribution in [2.75, 3.05) is 0 Å². The fraction of sp³-hybridized carbons (Fsp3) is 0.118. The molecule has 3 rings (SSSR count). The first-order chi connectivity index (χ1) is 10.1. The van der Waals surface area contributed by atoms with Crippen LogP contribution in [0.15, 0.2) is 59.2 Å². The molecule has 21 heavy (non-hydrogen) atoms. The van der Waals surface area contributed by atoms with Gasteiger partial charge in [-0.25, -0.2) is 4.39 Å². The van der Waals surface area contributed by atoms with E-state index in [4.69, 9.17) is 0 Å². The predicted octanol–water partition coefficient (Wildman–Crippen LogP) is 4.35. The van der Waals surface area contributed by atoms with Crippen LogP contribution in [0.25, 0.3) is 10.9 Å². The number of carbonyl (C=O) groups is 1. The lowest BCUT2D eigenvalue weighted by Crippen LogP contribution is -2.12. The minimum Gasteiger partial charge on any atom is -0.339 e. The van der Waals surface area contributed by atoms with Crippen LogP contribution in [0.1, 0.15) is 5.56 Å². The zero-order valence-electron chi connectivity index (χ0n) is 11.2. The summed E-state index contributed by atoms with van der Waals surface area (Å²) < 4.78 is 16.4. The number of para-hydroxylation sites is 1. The second-order valence-corrected chi connectivity index (χ2v) is 5.78. The number of carbonyl (C=O) groups excluding carboxylic acids is 1. The van der Waals surface area contributed by atoms with Crippen LogP contribution < -0.4 is 0 Å². The summed E-state index contributed by atoms with van der Waals surface area (Å²) in [6, 6.07) is 14.3. The lowest BCUT2D eigenvalue weighted by atomic mass is 10.1. The maximum atomic E-state index is 13.6. The molecule has 0 radical (unpaired) electrons. The van der Waals surface area contributed by atoms with Crippen LogP contribution in [-0.4, -0.2) is 10.4 Å². The fourth-order valence-electron chi connectivity index (χ4n) is 2.43. The normalized spacial score (nSPS) is 11.0. The van der Waals surface area contributed by atoms with Crippen LogP contribution in [-0.2, 0) is 17.8 Å². The summed E-state index contributed by atoms with van der Waals surface area (Å²) in [5.74, 6) is -0.349. The molecule has 0 spiro atoms. The lowest BCUT2D eigenvalue weighted by Gasteiger charge is -2.05. The topological polar surface area (TPSA) is 22.0 Å². The first kappa shape index (κ1) is 14.0. The molecule has 2 aromatic carbocycles. The Hall–Kier alpha value is -1.94. The van der Waals surface area contributed by atoms with Crippen molar-refractivity contribution in [3.8, 4) is 0 Å². The summed E-state index contributed by atoms with van der Waals surface area (Å²) >= 11 is 3.49. The van der Waals surface area contributed by atoms with Crippen molar-refractivity contribution in [3.05, 3.63) is 70.6 Å². The van der Waals surface area contributed by atoms with Gasteiger partial charge in [0.2, 0.25) is 0 Å². The van der Waals surface area contributed by atoms with E-state index in [1.807, 2.05) is 35.0 Å². The third kappa shape index (κ3) is 2.90. The molecule has 0 N–H and O–H groups in total. The zero-order valence-corrected chi connectivity index (χ0v) is 12.8. The second kappa shape index (κ2) is 5.82. The van der Waals surface area contributed by atoms with Crippen molar-refractivity contribution in [2.45, 2.75) is 13.0 Å². The molecule has 0 aliphatic carbocycles. The Balaban J connectivity index is 1.82. The number of rotatable bonds is 4. The lowest BCUT2D eigenvalue weighted by molar-refractivity contribution is -0.118. The molecule has 0 amide bonds. The van der Waals surface area contributed by atoms with Gasteiger partial charge in [-0.15, -0.1) is 0 Å². The molecule has 0 atom stereocenters. The van der Waals surface area contributed by atoms with Gasteiger partial charge in [0.05, 0.1) is 6.54 Å². The number of hydrogen-bond donors (Lipinski definition) is 0. The minimum atomic E-state index is -0.329. The maximum absolute atomic E-state index is 13.6. The van der Waals surface area contributed by atoms with E-state index in [1.165, 1.54) is 6.07 Å². The Morgan fingerprint density at radius 1 is 1.10 bits per heavy atom. The number of aromatic nitrogens is 1. The highest BCUT2D eigenvalue weighted by atomic mass is 79.9. The highest BCUT2D eigenvalue weighted by Gasteiger charge is 2.11. The maximum Gasteiger partial charge on any atom is 0.156 e. The van der Waals surface area contributed by atoms with Crippen molar-refractivity contribution < 1.29 is 9.18 Å². The molecule has 3 aromatic rings. The van der Waals surface area contributed by atoms with Gasteiger partial charge in [-0.3, -0.25) is 4.79 Å². The third-order valence-electron chi connectivity index (χ3n) is 3.43. The molecular weight excluding hydrogens is 333 g/mol. The number of halogens is 2. The molecule has 4 heteroatoms. The van der Waals surface area contributed by atoms with E-state index in [0.29, 0.717) is 5.56 Å². The summed E-state index contributed by atoms with van der Waals surface area (Å²) in [5, 5.41) is 1.07. The predicted molar refractivity (Wildman–Crippen MR) is 84.7 cm³/mol. The molecule has 0 saturated heterocycles. The van der Waals surface area contributed by atoms with Gasteiger partial charge < -0.3 is 4.57 Å². The molecular formula is C17H13BrFNO. The van der Waals surface area contributed by atoms with Crippen LogP contribution in [0.2, 0.25) is 0 Å². The number of benzene rings is 2. The summed E-state index contributed by atoms with van der Waals surface area (Å²) in [7, 11) is 0. The van der Waals surface area contributed by atoms with Crippen LogP contribution in [0.5, 0.6) is 0 Å². The molecule has 106 valence electrons. The smallest absolute Gasteiger partial charge is 0.156 e. The van der Waals surface area contributed by atoms with E-state index in [0.717, 1.165) is 15.4 Å². The standard InChI is InChI=1S/C17H13BrFNO/c18-15-11-20(17-8-4-2-6-14(15)17)10-13(21)9-12-5-1-3-7-16(12)19/h1-8,11H,9-10H2. The number of nitrogens with zero attached hydrogens (tertiary/aromatic N) is 1. The molecule has 0 fully saturated rings.